The minimum absolute atomic E-state index is 0.0865. The minimum atomic E-state index is -0.977. The summed E-state index contributed by atoms with van der Waals surface area (Å²) in [6.45, 7) is 7.62. The number of aliphatic hydroxyl groups is 1. The van der Waals surface area contributed by atoms with Gasteiger partial charge in [-0.15, -0.1) is 0 Å². The van der Waals surface area contributed by atoms with Crippen LogP contribution < -0.4 is 10.6 Å². The highest BCUT2D eigenvalue weighted by molar-refractivity contribution is 5.93. The van der Waals surface area contributed by atoms with Crippen molar-refractivity contribution in [2.75, 3.05) is 6.54 Å². The molecule has 0 aliphatic carbocycles. The zero-order valence-corrected chi connectivity index (χ0v) is 21.4. The summed E-state index contributed by atoms with van der Waals surface area (Å²) >= 11 is 0. The summed E-state index contributed by atoms with van der Waals surface area (Å²) in [7, 11) is 0. The fourth-order valence-corrected chi connectivity index (χ4v) is 4.36. The standard InChI is InChI=1S/C29H37F2N3O2/c1-4-6-12-34-20(3)10-11-27(34)29(36)33-26(16-23-14-24(30)17-25(31)15-23)28(35)19-32-18-22-9-7-8-21(5-2)13-22/h7-11,13-15,17,26,28,32,35H,4-6,12,16,18-19H2,1-3H3,(H,33,36). The highest BCUT2D eigenvalue weighted by atomic mass is 19.1. The van der Waals surface area contributed by atoms with E-state index in [9.17, 15) is 18.7 Å². The van der Waals surface area contributed by atoms with E-state index in [1.807, 2.05) is 29.7 Å². The molecule has 0 saturated heterocycles. The molecule has 0 bridgehead atoms. The predicted molar refractivity (Wildman–Crippen MR) is 139 cm³/mol. The Hall–Kier alpha value is -3.03. The van der Waals surface area contributed by atoms with E-state index in [1.165, 1.54) is 17.7 Å². The van der Waals surface area contributed by atoms with Crippen LogP contribution in [0.1, 0.15) is 59.6 Å². The predicted octanol–water partition coefficient (Wildman–Crippen LogP) is 4.93. The van der Waals surface area contributed by atoms with Gasteiger partial charge < -0.3 is 20.3 Å². The molecule has 1 amide bonds. The second-order valence-corrected chi connectivity index (χ2v) is 9.30. The van der Waals surface area contributed by atoms with Gasteiger partial charge in [0.2, 0.25) is 0 Å². The largest absolute Gasteiger partial charge is 0.390 e. The lowest BCUT2D eigenvalue weighted by atomic mass is 10.00. The molecule has 0 radical (unpaired) electrons. The van der Waals surface area contributed by atoms with Gasteiger partial charge in [0.1, 0.15) is 17.3 Å². The third-order valence-electron chi connectivity index (χ3n) is 6.41. The normalized spacial score (nSPS) is 12.9. The third kappa shape index (κ3) is 7.73. The maximum atomic E-state index is 13.8. The van der Waals surface area contributed by atoms with E-state index >= 15 is 0 Å². The van der Waals surface area contributed by atoms with Crippen molar-refractivity contribution in [3.63, 3.8) is 0 Å². The summed E-state index contributed by atoms with van der Waals surface area (Å²) in [5.41, 5.74) is 4.18. The molecule has 0 fully saturated rings. The summed E-state index contributed by atoms with van der Waals surface area (Å²) in [6.07, 6.45) is 1.98. The number of halogens is 2. The maximum absolute atomic E-state index is 13.8. The van der Waals surface area contributed by atoms with Crippen molar-refractivity contribution in [2.24, 2.45) is 0 Å². The van der Waals surface area contributed by atoms with Crippen LogP contribution in [0.15, 0.2) is 54.6 Å². The Kier molecular flexibility index (Phi) is 10.2. The molecule has 36 heavy (non-hydrogen) atoms. The van der Waals surface area contributed by atoms with Gasteiger partial charge in [-0.3, -0.25) is 4.79 Å². The van der Waals surface area contributed by atoms with Crippen LogP contribution in [0.5, 0.6) is 0 Å². The number of carbonyl (C=O) groups excluding carboxylic acids is 1. The van der Waals surface area contributed by atoms with Gasteiger partial charge in [-0.25, -0.2) is 8.78 Å². The molecule has 1 aromatic heterocycles. The van der Waals surface area contributed by atoms with Crippen molar-refractivity contribution in [1.82, 2.24) is 15.2 Å². The number of aliphatic hydroxyl groups excluding tert-OH is 1. The lowest BCUT2D eigenvalue weighted by Crippen LogP contribution is -2.49. The van der Waals surface area contributed by atoms with Gasteiger partial charge in [-0.05, 0) is 67.1 Å². The lowest BCUT2D eigenvalue weighted by molar-refractivity contribution is 0.0821. The molecule has 2 aromatic carbocycles. The number of hydrogen-bond donors (Lipinski definition) is 3. The molecule has 3 N–H and O–H groups in total. The average molecular weight is 498 g/mol. The summed E-state index contributed by atoms with van der Waals surface area (Å²) in [4.78, 5) is 13.2. The number of hydrogen-bond acceptors (Lipinski definition) is 3. The van der Waals surface area contributed by atoms with Crippen molar-refractivity contribution in [2.45, 2.75) is 71.7 Å². The van der Waals surface area contributed by atoms with Crippen LogP contribution in [-0.2, 0) is 25.9 Å². The van der Waals surface area contributed by atoms with Gasteiger partial charge in [-0.1, -0.05) is 44.5 Å². The van der Waals surface area contributed by atoms with Gasteiger partial charge in [-0.2, -0.15) is 0 Å². The molecule has 0 aliphatic rings. The van der Waals surface area contributed by atoms with Crippen molar-refractivity contribution in [3.8, 4) is 0 Å². The summed E-state index contributed by atoms with van der Waals surface area (Å²) in [6, 6.07) is 14.4. The number of nitrogens with one attached hydrogen (secondary N) is 2. The van der Waals surface area contributed by atoms with Gasteiger partial charge in [0.15, 0.2) is 0 Å². The molecule has 7 heteroatoms. The van der Waals surface area contributed by atoms with E-state index in [1.54, 1.807) is 6.07 Å². The Morgan fingerprint density at radius 1 is 1.00 bits per heavy atom. The summed E-state index contributed by atoms with van der Waals surface area (Å²) in [5.74, 6) is -1.71. The number of aromatic nitrogens is 1. The van der Waals surface area contributed by atoms with Crippen molar-refractivity contribution in [3.05, 3.63) is 94.3 Å². The monoisotopic (exact) mass is 497 g/mol. The molecule has 2 atom stereocenters. The molecule has 194 valence electrons. The third-order valence-corrected chi connectivity index (χ3v) is 6.41. The van der Waals surface area contributed by atoms with E-state index in [0.717, 1.165) is 43.1 Å². The van der Waals surface area contributed by atoms with Crippen LogP contribution in [0.3, 0.4) is 0 Å². The van der Waals surface area contributed by atoms with Crippen LogP contribution >= 0.6 is 0 Å². The number of rotatable bonds is 13. The molecule has 0 aliphatic heterocycles. The van der Waals surface area contributed by atoms with Crippen LogP contribution in [0.4, 0.5) is 8.78 Å². The Bertz CT molecular complexity index is 1130. The topological polar surface area (TPSA) is 66.3 Å². The summed E-state index contributed by atoms with van der Waals surface area (Å²) in [5, 5.41) is 17.2. The summed E-state index contributed by atoms with van der Waals surface area (Å²) < 4.78 is 29.6. The number of unbranched alkanes of at least 4 members (excludes halogenated alkanes) is 1. The molecule has 3 rings (SSSR count). The number of amides is 1. The van der Waals surface area contributed by atoms with E-state index in [-0.39, 0.29) is 18.9 Å². The Morgan fingerprint density at radius 2 is 1.72 bits per heavy atom. The van der Waals surface area contributed by atoms with Crippen LogP contribution in [0.2, 0.25) is 0 Å². The second kappa shape index (κ2) is 13.3. The smallest absolute Gasteiger partial charge is 0.268 e. The molecule has 5 nitrogen and oxygen atoms in total. The van der Waals surface area contributed by atoms with E-state index in [2.05, 4.69) is 36.6 Å². The first kappa shape index (κ1) is 27.6. The van der Waals surface area contributed by atoms with Crippen molar-refractivity contribution < 1.29 is 18.7 Å². The number of nitrogens with zero attached hydrogens (tertiary/aromatic N) is 1. The zero-order valence-electron chi connectivity index (χ0n) is 21.4. The molecule has 3 aromatic rings. The van der Waals surface area contributed by atoms with E-state index in [4.69, 9.17) is 0 Å². The Balaban J connectivity index is 1.74. The fraction of sp³-hybridized carbons (Fsp3) is 0.414. The highest BCUT2D eigenvalue weighted by Gasteiger charge is 2.24. The molecular formula is C29H37F2N3O2. The van der Waals surface area contributed by atoms with Gasteiger partial charge in [0.05, 0.1) is 12.1 Å². The molecule has 0 spiro atoms. The molecular weight excluding hydrogens is 460 g/mol. The SMILES string of the molecule is CCCCn1c(C)ccc1C(=O)NC(Cc1cc(F)cc(F)c1)C(O)CNCc1cccc(CC)c1. The average Bonchev–Trinajstić information content (AvgIpc) is 3.22. The van der Waals surface area contributed by atoms with E-state index < -0.39 is 23.8 Å². The number of carbonyl (C=O) groups is 1. The zero-order chi connectivity index (χ0) is 26.1. The van der Waals surface area contributed by atoms with Crippen molar-refractivity contribution in [1.29, 1.82) is 0 Å². The van der Waals surface area contributed by atoms with Gasteiger partial charge >= 0.3 is 0 Å². The first-order valence-corrected chi connectivity index (χ1v) is 12.7. The Labute approximate surface area is 212 Å². The first-order chi connectivity index (χ1) is 17.3. The van der Waals surface area contributed by atoms with Crippen LogP contribution in [-0.4, -0.2) is 34.3 Å². The molecule has 2 unspecified atom stereocenters. The second-order valence-electron chi connectivity index (χ2n) is 9.30. The van der Waals surface area contributed by atoms with Crippen LogP contribution in [0, 0.1) is 18.6 Å². The fourth-order valence-electron chi connectivity index (χ4n) is 4.36. The van der Waals surface area contributed by atoms with E-state index in [0.29, 0.717) is 17.8 Å². The number of aryl methyl sites for hydroxylation is 2. The minimum Gasteiger partial charge on any atom is -0.390 e. The molecule has 0 saturated carbocycles. The van der Waals surface area contributed by atoms with Gasteiger partial charge in [0.25, 0.3) is 5.91 Å². The first-order valence-electron chi connectivity index (χ1n) is 12.7. The lowest BCUT2D eigenvalue weighted by Gasteiger charge is -2.25. The van der Waals surface area contributed by atoms with Crippen LogP contribution in [0.25, 0.3) is 0 Å². The highest BCUT2D eigenvalue weighted by Crippen LogP contribution is 2.15. The Morgan fingerprint density at radius 3 is 2.42 bits per heavy atom. The quantitative estimate of drug-likeness (QED) is 0.314. The van der Waals surface area contributed by atoms with Crippen molar-refractivity contribution >= 4 is 5.91 Å². The van der Waals surface area contributed by atoms with Gasteiger partial charge in [0, 0.05) is 31.4 Å². The number of benzene rings is 2. The maximum Gasteiger partial charge on any atom is 0.268 e. The molecule has 1 heterocycles.